The largest absolute Gasteiger partial charge is 0.388 e. The lowest BCUT2D eigenvalue weighted by Crippen LogP contribution is -2.27. The SMILES string of the molecule is CC(NC(=O)CC(O)c1ccc(Cl)cc1)c1ccccc1. The third-order valence-corrected chi connectivity index (χ3v) is 3.56. The van der Waals surface area contributed by atoms with Crippen LogP contribution in [0, 0.1) is 0 Å². The second-order valence-electron chi connectivity index (χ2n) is 4.97. The van der Waals surface area contributed by atoms with Gasteiger partial charge in [-0.15, -0.1) is 0 Å². The molecule has 0 saturated carbocycles. The number of benzene rings is 2. The second-order valence-corrected chi connectivity index (χ2v) is 5.41. The zero-order valence-electron chi connectivity index (χ0n) is 11.8. The number of carbonyl (C=O) groups excluding carboxylic acids is 1. The van der Waals surface area contributed by atoms with E-state index in [2.05, 4.69) is 5.32 Å². The number of amides is 1. The predicted octanol–water partition coefficient (Wildman–Crippen LogP) is 3.64. The van der Waals surface area contributed by atoms with Gasteiger partial charge in [0.2, 0.25) is 5.91 Å². The molecule has 2 atom stereocenters. The molecule has 0 fully saturated rings. The summed E-state index contributed by atoms with van der Waals surface area (Å²) in [5.41, 5.74) is 1.72. The summed E-state index contributed by atoms with van der Waals surface area (Å²) in [5, 5.41) is 13.5. The lowest BCUT2D eigenvalue weighted by Gasteiger charge is -2.16. The number of rotatable bonds is 5. The summed E-state index contributed by atoms with van der Waals surface area (Å²) in [4.78, 5) is 12.0. The number of hydrogen-bond acceptors (Lipinski definition) is 2. The Bertz CT molecular complexity index is 583. The molecule has 0 radical (unpaired) electrons. The normalized spacial score (nSPS) is 13.5. The van der Waals surface area contributed by atoms with Gasteiger partial charge in [0, 0.05) is 5.02 Å². The number of halogens is 1. The second kappa shape index (κ2) is 7.25. The van der Waals surface area contributed by atoms with Crippen LogP contribution >= 0.6 is 11.6 Å². The van der Waals surface area contributed by atoms with Crippen LogP contribution < -0.4 is 5.32 Å². The van der Waals surface area contributed by atoms with Gasteiger partial charge in [0.05, 0.1) is 18.6 Å². The van der Waals surface area contributed by atoms with E-state index in [9.17, 15) is 9.90 Å². The highest BCUT2D eigenvalue weighted by Crippen LogP contribution is 2.20. The quantitative estimate of drug-likeness (QED) is 0.886. The zero-order chi connectivity index (χ0) is 15.2. The van der Waals surface area contributed by atoms with Gasteiger partial charge in [0.1, 0.15) is 0 Å². The maximum Gasteiger partial charge on any atom is 0.223 e. The van der Waals surface area contributed by atoms with Crippen molar-refractivity contribution in [3.05, 3.63) is 70.7 Å². The van der Waals surface area contributed by atoms with Crippen LogP contribution in [0.5, 0.6) is 0 Å². The molecule has 0 aromatic heterocycles. The molecule has 0 aliphatic rings. The summed E-state index contributed by atoms with van der Waals surface area (Å²) in [6.07, 6.45) is -0.802. The maximum absolute atomic E-state index is 12.0. The average Bonchev–Trinajstić information content (AvgIpc) is 2.48. The Morgan fingerprint density at radius 3 is 2.33 bits per heavy atom. The Balaban J connectivity index is 1.91. The molecule has 0 saturated heterocycles. The molecule has 21 heavy (non-hydrogen) atoms. The summed E-state index contributed by atoms with van der Waals surface area (Å²) in [7, 11) is 0. The number of aliphatic hydroxyl groups excluding tert-OH is 1. The highest BCUT2D eigenvalue weighted by atomic mass is 35.5. The van der Waals surface area contributed by atoms with Gasteiger partial charge in [-0.2, -0.15) is 0 Å². The number of nitrogens with one attached hydrogen (secondary N) is 1. The summed E-state index contributed by atoms with van der Waals surface area (Å²) in [5.74, 6) is -0.186. The average molecular weight is 304 g/mol. The molecule has 0 heterocycles. The Morgan fingerprint density at radius 1 is 1.10 bits per heavy atom. The van der Waals surface area contributed by atoms with Crippen molar-refractivity contribution < 1.29 is 9.90 Å². The first kappa shape index (κ1) is 15.5. The van der Waals surface area contributed by atoms with E-state index in [1.54, 1.807) is 24.3 Å². The fourth-order valence-corrected chi connectivity index (χ4v) is 2.23. The molecule has 110 valence electrons. The monoisotopic (exact) mass is 303 g/mol. The molecule has 0 aliphatic carbocycles. The molecule has 3 nitrogen and oxygen atoms in total. The van der Waals surface area contributed by atoms with E-state index >= 15 is 0 Å². The first-order chi connectivity index (χ1) is 10.1. The van der Waals surface area contributed by atoms with Crippen molar-refractivity contribution in [2.75, 3.05) is 0 Å². The number of carbonyl (C=O) groups is 1. The zero-order valence-corrected chi connectivity index (χ0v) is 12.5. The molecular formula is C17H18ClNO2. The van der Waals surface area contributed by atoms with Crippen LogP contribution in [0.2, 0.25) is 5.02 Å². The van der Waals surface area contributed by atoms with Gasteiger partial charge in [0.15, 0.2) is 0 Å². The highest BCUT2D eigenvalue weighted by Gasteiger charge is 2.15. The van der Waals surface area contributed by atoms with E-state index in [-0.39, 0.29) is 18.4 Å². The predicted molar refractivity (Wildman–Crippen MR) is 84.0 cm³/mol. The molecular weight excluding hydrogens is 286 g/mol. The van der Waals surface area contributed by atoms with Crippen LogP contribution in [0.15, 0.2) is 54.6 Å². The third kappa shape index (κ3) is 4.59. The van der Waals surface area contributed by atoms with Gasteiger partial charge in [-0.25, -0.2) is 0 Å². The smallest absolute Gasteiger partial charge is 0.223 e. The van der Waals surface area contributed by atoms with Gasteiger partial charge in [-0.05, 0) is 30.2 Å². The van der Waals surface area contributed by atoms with Crippen LogP contribution in [0.1, 0.15) is 36.6 Å². The molecule has 4 heteroatoms. The Kier molecular flexibility index (Phi) is 5.37. The minimum atomic E-state index is -0.828. The molecule has 0 aliphatic heterocycles. The Hall–Kier alpha value is -1.84. The lowest BCUT2D eigenvalue weighted by molar-refractivity contribution is -0.123. The van der Waals surface area contributed by atoms with E-state index in [4.69, 9.17) is 11.6 Å². The summed E-state index contributed by atoms with van der Waals surface area (Å²) in [6, 6.07) is 16.5. The van der Waals surface area contributed by atoms with Crippen molar-refractivity contribution in [1.82, 2.24) is 5.32 Å². The van der Waals surface area contributed by atoms with Gasteiger partial charge >= 0.3 is 0 Å². The molecule has 2 aromatic carbocycles. The molecule has 1 amide bonds. The minimum Gasteiger partial charge on any atom is -0.388 e. The fraction of sp³-hybridized carbons (Fsp3) is 0.235. The first-order valence-corrected chi connectivity index (χ1v) is 7.22. The molecule has 2 unspecified atom stereocenters. The van der Waals surface area contributed by atoms with E-state index < -0.39 is 6.10 Å². The van der Waals surface area contributed by atoms with Crippen molar-refractivity contribution in [1.29, 1.82) is 0 Å². The van der Waals surface area contributed by atoms with Gasteiger partial charge < -0.3 is 10.4 Å². The molecule has 2 N–H and O–H groups in total. The maximum atomic E-state index is 12.0. The fourth-order valence-electron chi connectivity index (χ4n) is 2.10. The number of hydrogen-bond donors (Lipinski definition) is 2. The number of aliphatic hydroxyl groups is 1. The third-order valence-electron chi connectivity index (χ3n) is 3.31. The summed E-state index contributed by atoms with van der Waals surface area (Å²) >= 11 is 5.80. The lowest BCUT2D eigenvalue weighted by atomic mass is 10.1. The van der Waals surface area contributed by atoms with Crippen LogP contribution in [-0.2, 0) is 4.79 Å². The Morgan fingerprint density at radius 2 is 1.71 bits per heavy atom. The molecule has 0 bridgehead atoms. The van der Waals surface area contributed by atoms with Crippen LogP contribution in [-0.4, -0.2) is 11.0 Å². The van der Waals surface area contributed by atoms with Crippen molar-refractivity contribution >= 4 is 17.5 Å². The van der Waals surface area contributed by atoms with Crippen LogP contribution in [0.25, 0.3) is 0 Å². The van der Waals surface area contributed by atoms with Crippen molar-refractivity contribution in [2.45, 2.75) is 25.5 Å². The van der Waals surface area contributed by atoms with Crippen LogP contribution in [0.4, 0.5) is 0 Å². The van der Waals surface area contributed by atoms with E-state index in [1.807, 2.05) is 37.3 Å². The van der Waals surface area contributed by atoms with Crippen molar-refractivity contribution in [3.63, 3.8) is 0 Å². The van der Waals surface area contributed by atoms with Crippen LogP contribution in [0.3, 0.4) is 0 Å². The summed E-state index contributed by atoms with van der Waals surface area (Å²) in [6.45, 7) is 1.92. The van der Waals surface area contributed by atoms with E-state index in [0.717, 1.165) is 5.56 Å². The Labute approximate surface area is 129 Å². The molecule has 2 aromatic rings. The topological polar surface area (TPSA) is 49.3 Å². The van der Waals surface area contributed by atoms with E-state index in [0.29, 0.717) is 10.6 Å². The minimum absolute atomic E-state index is 0.0266. The molecule has 2 rings (SSSR count). The standard InChI is InChI=1S/C17H18ClNO2/c1-12(13-5-3-2-4-6-13)19-17(21)11-16(20)14-7-9-15(18)10-8-14/h2-10,12,16,20H,11H2,1H3,(H,19,21). The van der Waals surface area contributed by atoms with Crippen molar-refractivity contribution in [2.24, 2.45) is 0 Å². The van der Waals surface area contributed by atoms with Gasteiger partial charge in [-0.1, -0.05) is 54.1 Å². The highest BCUT2D eigenvalue weighted by molar-refractivity contribution is 6.30. The molecule has 0 spiro atoms. The van der Waals surface area contributed by atoms with E-state index in [1.165, 1.54) is 0 Å². The van der Waals surface area contributed by atoms with Crippen molar-refractivity contribution in [3.8, 4) is 0 Å². The van der Waals surface area contributed by atoms with Gasteiger partial charge in [0.25, 0.3) is 0 Å². The first-order valence-electron chi connectivity index (χ1n) is 6.84. The summed E-state index contributed by atoms with van der Waals surface area (Å²) < 4.78 is 0. The van der Waals surface area contributed by atoms with Gasteiger partial charge in [-0.3, -0.25) is 4.79 Å².